The Labute approximate surface area is 140 Å². The number of hydrogen-bond acceptors (Lipinski definition) is 2. The van der Waals surface area contributed by atoms with Crippen molar-refractivity contribution in [2.75, 3.05) is 0 Å². The summed E-state index contributed by atoms with van der Waals surface area (Å²) in [4.78, 5) is 23.7. The zero-order valence-electron chi connectivity index (χ0n) is 13.2. The van der Waals surface area contributed by atoms with Gasteiger partial charge in [0.05, 0.1) is 6.04 Å². The van der Waals surface area contributed by atoms with Crippen molar-refractivity contribution in [2.45, 2.75) is 31.3 Å². The van der Waals surface area contributed by atoms with Crippen LogP contribution in [0.3, 0.4) is 0 Å². The summed E-state index contributed by atoms with van der Waals surface area (Å²) in [7, 11) is 0. The number of amides is 2. The van der Waals surface area contributed by atoms with Crippen molar-refractivity contribution in [1.29, 1.82) is 0 Å². The highest BCUT2D eigenvalue weighted by Crippen LogP contribution is 2.20. The average Bonchev–Trinajstić information content (AvgIpc) is 3.03. The van der Waals surface area contributed by atoms with Gasteiger partial charge in [-0.3, -0.25) is 9.59 Å². The highest BCUT2D eigenvalue weighted by atomic mass is 19.1. The van der Waals surface area contributed by atoms with Crippen LogP contribution in [0.15, 0.2) is 54.6 Å². The van der Waals surface area contributed by atoms with Crippen LogP contribution in [0.25, 0.3) is 0 Å². The highest BCUT2D eigenvalue weighted by Gasteiger charge is 2.28. The zero-order chi connectivity index (χ0) is 16.9. The maximum Gasteiger partial charge on any atom is 0.243 e. The Bertz CT molecular complexity index is 716. The Balaban J connectivity index is 1.76. The monoisotopic (exact) mass is 326 g/mol. The fraction of sp³-hybridized carbons (Fsp3) is 0.263. The first-order chi connectivity index (χ1) is 11.6. The van der Waals surface area contributed by atoms with Crippen LogP contribution in [0, 0.1) is 5.82 Å². The third kappa shape index (κ3) is 3.98. The molecule has 0 bridgehead atoms. The molecule has 0 aliphatic carbocycles. The minimum Gasteiger partial charge on any atom is -0.347 e. The summed E-state index contributed by atoms with van der Waals surface area (Å²) in [6.07, 6.45) is 1.45. The lowest BCUT2D eigenvalue weighted by Gasteiger charge is -2.21. The van der Waals surface area contributed by atoms with Crippen LogP contribution in [0.5, 0.6) is 0 Å². The SMILES string of the molecule is O=C1CCC(C(=O)NC(Cc2ccc(F)cc2)c2ccccc2)N1. The largest absolute Gasteiger partial charge is 0.347 e. The third-order valence-corrected chi connectivity index (χ3v) is 4.18. The van der Waals surface area contributed by atoms with Crippen LogP contribution in [-0.4, -0.2) is 17.9 Å². The molecule has 124 valence electrons. The lowest BCUT2D eigenvalue weighted by molar-refractivity contribution is -0.126. The first kappa shape index (κ1) is 16.2. The topological polar surface area (TPSA) is 58.2 Å². The summed E-state index contributed by atoms with van der Waals surface area (Å²) in [5.74, 6) is -0.561. The maximum absolute atomic E-state index is 13.1. The molecule has 2 aromatic carbocycles. The average molecular weight is 326 g/mol. The minimum atomic E-state index is -0.475. The maximum atomic E-state index is 13.1. The van der Waals surface area contributed by atoms with Gasteiger partial charge in [-0.05, 0) is 36.1 Å². The molecule has 1 saturated heterocycles. The van der Waals surface area contributed by atoms with Gasteiger partial charge in [0.25, 0.3) is 0 Å². The second kappa shape index (κ2) is 7.25. The van der Waals surface area contributed by atoms with Gasteiger partial charge < -0.3 is 10.6 Å². The number of halogens is 1. The lowest BCUT2D eigenvalue weighted by atomic mass is 9.98. The number of carbonyl (C=O) groups is 2. The molecule has 1 aliphatic heterocycles. The van der Waals surface area contributed by atoms with Crippen molar-refractivity contribution in [1.82, 2.24) is 10.6 Å². The van der Waals surface area contributed by atoms with E-state index in [2.05, 4.69) is 10.6 Å². The molecular formula is C19H19FN2O2. The normalized spacial score (nSPS) is 18.0. The molecule has 2 aromatic rings. The molecule has 4 nitrogen and oxygen atoms in total. The number of carbonyl (C=O) groups excluding carboxylic acids is 2. The van der Waals surface area contributed by atoms with E-state index < -0.39 is 6.04 Å². The van der Waals surface area contributed by atoms with Crippen molar-refractivity contribution >= 4 is 11.8 Å². The Morgan fingerprint density at radius 3 is 2.50 bits per heavy atom. The lowest BCUT2D eigenvalue weighted by Crippen LogP contribution is -2.43. The summed E-state index contributed by atoms with van der Waals surface area (Å²) in [6.45, 7) is 0. The molecule has 2 atom stereocenters. The first-order valence-corrected chi connectivity index (χ1v) is 8.01. The molecule has 5 heteroatoms. The van der Waals surface area contributed by atoms with Crippen molar-refractivity contribution in [2.24, 2.45) is 0 Å². The van der Waals surface area contributed by atoms with Crippen LogP contribution in [0.4, 0.5) is 4.39 Å². The summed E-state index contributed by atoms with van der Waals surface area (Å²) in [5, 5.41) is 5.69. The summed E-state index contributed by atoms with van der Waals surface area (Å²) < 4.78 is 13.1. The molecule has 1 heterocycles. The Hall–Kier alpha value is -2.69. The van der Waals surface area contributed by atoms with Gasteiger partial charge in [0.1, 0.15) is 11.9 Å². The van der Waals surface area contributed by atoms with E-state index in [0.29, 0.717) is 19.3 Å². The highest BCUT2D eigenvalue weighted by molar-refractivity contribution is 5.90. The van der Waals surface area contributed by atoms with Crippen molar-refractivity contribution in [3.05, 3.63) is 71.5 Å². The van der Waals surface area contributed by atoms with E-state index >= 15 is 0 Å². The van der Waals surface area contributed by atoms with Crippen LogP contribution in [0.2, 0.25) is 0 Å². The van der Waals surface area contributed by atoms with Crippen molar-refractivity contribution in [3.63, 3.8) is 0 Å². The molecule has 0 aromatic heterocycles. The van der Waals surface area contributed by atoms with Crippen LogP contribution in [0.1, 0.15) is 30.0 Å². The fourth-order valence-electron chi connectivity index (χ4n) is 2.88. The summed E-state index contributed by atoms with van der Waals surface area (Å²) in [5.41, 5.74) is 1.90. The fourth-order valence-corrected chi connectivity index (χ4v) is 2.88. The number of nitrogens with one attached hydrogen (secondary N) is 2. The summed E-state index contributed by atoms with van der Waals surface area (Å²) >= 11 is 0. The molecular weight excluding hydrogens is 307 g/mol. The number of rotatable bonds is 5. The second-order valence-corrected chi connectivity index (χ2v) is 5.96. The standard InChI is InChI=1S/C19H19FN2O2/c20-15-8-6-13(7-9-15)12-17(14-4-2-1-3-5-14)22-19(24)16-10-11-18(23)21-16/h1-9,16-17H,10-12H2,(H,21,23)(H,22,24). The molecule has 0 spiro atoms. The van der Waals surface area contributed by atoms with Gasteiger partial charge >= 0.3 is 0 Å². The summed E-state index contributed by atoms with van der Waals surface area (Å²) in [6, 6.07) is 15.2. The van der Waals surface area contributed by atoms with Crippen LogP contribution < -0.4 is 10.6 Å². The van der Waals surface area contributed by atoms with Gasteiger partial charge in [-0.15, -0.1) is 0 Å². The zero-order valence-corrected chi connectivity index (χ0v) is 13.2. The Kier molecular flexibility index (Phi) is 4.89. The van der Waals surface area contributed by atoms with E-state index in [-0.39, 0.29) is 23.7 Å². The molecule has 0 saturated carbocycles. The molecule has 3 rings (SSSR count). The van der Waals surface area contributed by atoms with Gasteiger partial charge in [-0.25, -0.2) is 4.39 Å². The molecule has 2 amide bonds. The van der Waals surface area contributed by atoms with Gasteiger partial charge in [-0.1, -0.05) is 42.5 Å². The predicted octanol–water partition coefficient (Wildman–Crippen LogP) is 2.50. The Morgan fingerprint density at radius 1 is 1.17 bits per heavy atom. The van der Waals surface area contributed by atoms with Crippen LogP contribution in [-0.2, 0) is 16.0 Å². The predicted molar refractivity (Wildman–Crippen MR) is 88.6 cm³/mol. The van der Waals surface area contributed by atoms with Crippen molar-refractivity contribution in [3.8, 4) is 0 Å². The molecule has 1 fully saturated rings. The van der Waals surface area contributed by atoms with Crippen LogP contribution >= 0.6 is 0 Å². The number of hydrogen-bond donors (Lipinski definition) is 2. The van der Waals surface area contributed by atoms with E-state index in [1.807, 2.05) is 30.3 Å². The van der Waals surface area contributed by atoms with E-state index in [1.165, 1.54) is 12.1 Å². The van der Waals surface area contributed by atoms with E-state index in [1.54, 1.807) is 12.1 Å². The van der Waals surface area contributed by atoms with E-state index in [0.717, 1.165) is 11.1 Å². The molecule has 2 N–H and O–H groups in total. The molecule has 24 heavy (non-hydrogen) atoms. The van der Waals surface area contributed by atoms with Gasteiger partial charge in [0, 0.05) is 6.42 Å². The minimum absolute atomic E-state index is 0.0926. The smallest absolute Gasteiger partial charge is 0.243 e. The van der Waals surface area contributed by atoms with E-state index in [9.17, 15) is 14.0 Å². The molecule has 0 radical (unpaired) electrons. The van der Waals surface area contributed by atoms with Gasteiger partial charge in [-0.2, -0.15) is 0 Å². The first-order valence-electron chi connectivity index (χ1n) is 8.01. The third-order valence-electron chi connectivity index (χ3n) is 4.18. The van der Waals surface area contributed by atoms with Gasteiger partial charge in [0.2, 0.25) is 11.8 Å². The molecule has 2 unspecified atom stereocenters. The quantitative estimate of drug-likeness (QED) is 0.887. The number of benzene rings is 2. The molecule has 1 aliphatic rings. The van der Waals surface area contributed by atoms with Gasteiger partial charge in [0.15, 0.2) is 0 Å². The van der Waals surface area contributed by atoms with E-state index in [4.69, 9.17) is 0 Å². The second-order valence-electron chi connectivity index (χ2n) is 5.96. The van der Waals surface area contributed by atoms with Crippen molar-refractivity contribution < 1.29 is 14.0 Å². The Morgan fingerprint density at radius 2 is 1.88 bits per heavy atom.